The first kappa shape index (κ1) is 13.0. The standard InChI is InChI=1S/C15H12Cl2N4/c16-10-5-9(6-11(17)7-10)14-18-12-8-21-4-2-1-3-13(21)19-15(12)20-14/h5-8H,1-4H2. The van der Waals surface area contributed by atoms with Crippen LogP contribution in [0.15, 0.2) is 24.4 Å². The van der Waals surface area contributed by atoms with Gasteiger partial charge in [-0.05, 0) is 31.0 Å². The molecule has 0 radical (unpaired) electrons. The highest BCUT2D eigenvalue weighted by atomic mass is 35.5. The molecule has 0 aliphatic carbocycles. The summed E-state index contributed by atoms with van der Waals surface area (Å²) in [7, 11) is 0. The zero-order valence-corrected chi connectivity index (χ0v) is 12.7. The number of rotatable bonds is 1. The molecule has 0 saturated carbocycles. The number of hydrogen-bond acceptors (Lipinski definition) is 3. The van der Waals surface area contributed by atoms with Crippen molar-refractivity contribution in [3.8, 4) is 22.9 Å². The minimum Gasteiger partial charge on any atom is -0.334 e. The Morgan fingerprint density at radius 1 is 0.905 bits per heavy atom. The second kappa shape index (κ2) is 4.97. The van der Waals surface area contributed by atoms with Crippen molar-refractivity contribution in [2.45, 2.75) is 25.8 Å². The summed E-state index contributed by atoms with van der Waals surface area (Å²) in [5, 5.41) is 1.15. The molecule has 0 fully saturated rings. The van der Waals surface area contributed by atoms with E-state index in [1.807, 2.05) is 18.3 Å². The molecular weight excluding hydrogens is 307 g/mol. The van der Waals surface area contributed by atoms with Crippen molar-refractivity contribution < 1.29 is 0 Å². The van der Waals surface area contributed by atoms with E-state index in [-0.39, 0.29) is 0 Å². The Labute approximate surface area is 132 Å². The normalized spacial score (nSPS) is 14.4. The van der Waals surface area contributed by atoms with Gasteiger partial charge >= 0.3 is 0 Å². The summed E-state index contributed by atoms with van der Waals surface area (Å²) in [4.78, 5) is 13.7. The van der Waals surface area contributed by atoms with Gasteiger partial charge in [0.25, 0.3) is 0 Å². The van der Waals surface area contributed by atoms with Crippen molar-refractivity contribution in [2.24, 2.45) is 0 Å². The van der Waals surface area contributed by atoms with Crippen LogP contribution in [0.25, 0.3) is 22.9 Å². The van der Waals surface area contributed by atoms with Gasteiger partial charge in [0.15, 0.2) is 11.6 Å². The minimum atomic E-state index is 0.577. The molecule has 4 rings (SSSR count). The Bertz CT molecular complexity index is 736. The number of imidazole rings is 1. The van der Waals surface area contributed by atoms with E-state index in [0.29, 0.717) is 21.7 Å². The monoisotopic (exact) mass is 318 g/mol. The van der Waals surface area contributed by atoms with Crippen LogP contribution >= 0.6 is 23.2 Å². The largest absolute Gasteiger partial charge is 0.334 e. The number of aryl methyl sites for hydroxylation is 2. The van der Waals surface area contributed by atoms with E-state index in [2.05, 4.69) is 19.5 Å². The maximum absolute atomic E-state index is 6.04. The van der Waals surface area contributed by atoms with Crippen LogP contribution in [0.4, 0.5) is 0 Å². The molecule has 3 heterocycles. The van der Waals surface area contributed by atoms with Gasteiger partial charge in [-0.2, -0.15) is 0 Å². The van der Waals surface area contributed by atoms with Gasteiger partial charge in [0.05, 0.1) is 0 Å². The van der Waals surface area contributed by atoms with Gasteiger partial charge in [-0.25, -0.2) is 15.0 Å². The maximum atomic E-state index is 6.04. The van der Waals surface area contributed by atoms with Crippen LogP contribution in [0.5, 0.6) is 0 Å². The molecule has 0 aromatic heterocycles. The predicted molar refractivity (Wildman–Crippen MR) is 82.8 cm³/mol. The molecule has 1 aromatic carbocycles. The molecule has 0 saturated heterocycles. The molecule has 3 aliphatic heterocycles. The summed E-state index contributed by atoms with van der Waals surface area (Å²) in [6.07, 6.45) is 5.42. The molecule has 0 amide bonds. The molecule has 0 spiro atoms. The smallest absolute Gasteiger partial charge is 0.183 e. The number of benzene rings is 1. The Kier molecular flexibility index (Phi) is 3.08. The molecule has 21 heavy (non-hydrogen) atoms. The van der Waals surface area contributed by atoms with Gasteiger partial charge in [0, 0.05) is 34.8 Å². The second-order valence-corrected chi connectivity index (χ2v) is 6.09. The molecule has 0 N–H and O–H groups in total. The number of nitrogens with zero attached hydrogens (tertiary/aromatic N) is 4. The average molecular weight is 319 g/mol. The Morgan fingerprint density at radius 2 is 1.71 bits per heavy atom. The molecule has 3 aliphatic rings. The Morgan fingerprint density at radius 3 is 2.52 bits per heavy atom. The van der Waals surface area contributed by atoms with E-state index in [4.69, 9.17) is 23.2 Å². The summed E-state index contributed by atoms with van der Waals surface area (Å²) in [6.45, 7) is 1.00. The fourth-order valence-electron chi connectivity index (χ4n) is 2.69. The summed E-state index contributed by atoms with van der Waals surface area (Å²) in [6, 6.07) is 5.32. The molecule has 0 atom stereocenters. The number of halogens is 2. The van der Waals surface area contributed by atoms with Gasteiger partial charge in [-0.3, -0.25) is 0 Å². The van der Waals surface area contributed by atoms with Crippen molar-refractivity contribution in [2.75, 3.05) is 0 Å². The Balaban J connectivity index is 1.85. The molecule has 0 bridgehead atoms. The van der Waals surface area contributed by atoms with Crippen LogP contribution in [0.2, 0.25) is 10.0 Å². The molecule has 0 unspecified atom stereocenters. The third-order valence-corrected chi connectivity index (χ3v) is 4.12. The fraction of sp³-hybridized carbons (Fsp3) is 0.267. The number of hydrogen-bond donors (Lipinski definition) is 0. The molecule has 1 aromatic rings. The Hall–Kier alpha value is -1.65. The zero-order chi connectivity index (χ0) is 14.4. The summed E-state index contributed by atoms with van der Waals surface area (Å²) >= 11 is 12.1. The van der Waals surface area contributed by atoms with Crippen molar-refractivity contribution in [3.63, 3.8) is 0 Å². The number of fused-ring (bicyclic) bond motifs is 2. The van der Waals surface area contributed by atoms with Crippen LogP contribution in [-0.4, -0.2) is 19.5 Å². The first-order chi connectivity index (χ1) is 10.2. The minimum absolute atomic E-state index is 0.577. The highest BCUT2D eigenvalue weighted by molar-refractivity contribution is 6.35. The first-order valence-electron chi connectivity index (χ1n) is 6.89. The average Bonchev–Trinajstić information content (AvgIpc) is 2.86. The van der Waals surface area contributed by atoms with Crippen LogP contribution < -0.4 is 0 Å². The van der Waals surface area contributed by atoms with E-state index in [1.165, 1.54) is 12.8 Å². The highest BCUT2D eigenvalue weighted by Crippen LogP contribution is 2.29. The lowest BCUT2D eigenvalue weighted by Crippen LogP contribution is -2.15. The quantitative estimate of drug-likeness (QED) is 0.678. The predicted octanol–water partition coefficient (Wildman–Crippen LogP) is 4.09. The van der Waals surface area contributed by atoms with Crippen molar-refractivity contribution >= 4 is 23.2 Å². The topological polar surface area (TPSA) is 43.6 Å². The van der Waals surface area contributed by atoms with Crippen molar-refractivity contribution in [1.82, 2.24) is 19.5 Å². The number of aromatic nitrogens is 4. The summed E-state index contributed by atoms with van der Waals surface area (Å²) in [5.41, 5.74) is 1.63. The van der Waals surface area contributed by atoms with Gasteiger partial charge < -0.3 is 4.57 Å². The summed E-state index contributed by atoms with van der Waals surface area (Å²) < 4.78 is 2.18. The van der Waals surface area contributed by atoms with Crippen molar-refractivity contribution in [1.29, 1.82) is 0 Å². The SMILES string of the molecule is Clc1cc(Cl)cc(-c2nc3cn4c(nc-3n2)CCCC4)c1. The van der Waals surface area contributed by atoms with E-state index in [0.717, 1.165) is 30.0 Å². The lowest BCUT2D eigenvalue weighted by molar-refractivity contribution is 0.507. The van der Waals surface area contributed by atoms with Crippen molar-refractivity contribution in [3.05, 3.63) is 40.3 Å². The third kappa shape index (κ3) is 2.39. The van der Waals surface area contributed by atoms with Crippen LogP contribution in [0.1, 0.15) is 18.7 Å². The van der Waals surface area contributed by atoms with E-state index < -0.39 is 0 Å². The summed E-state index contributed by atoms with van der Waals surface area (Å²) in [5.74, 6) is 2.39. The van der Waals surface area contributed by atoms with Gasteiger partial charge in [-0.15, -0.1) is 0 Å². The van der Waals surface area contributed by atoms with Gasteiger partial charge in [-0.1, -0.05) is 23.2 Å². The first-order valence-corrected chi connectivity index (χ1v) is 7.65. The van der Waals surface area contributed by atoms with Crippen LogP contribution in [0.3, 0.4) is 0 Å². The molecule has 6 heteroatoms. The van der Waals surface area contributed by atoms with E-state index in [1.54, 1.807) is 6.07 Å². The lowest BCUT2D eigenvalue weighted by Gasteiger charge is -2.18. The highest BCUT2D eigenvalue weighted by Gasteiger charge is 2.19. The maximum Gasteiger partial charge on any atom is 0.183 e. The van der Waals surface area contributed by atoms with Crippen LogP contribution in [0, 0.1) is 0 Å². The lowest BCUT2D eigenvalue weighted by atomic mass is 10.1. The molecular formula is C15H12Cl2N4. The molecule has 106 valence electrons. The van der Waals surface area contributed by atoms with E-state index >= 15 is 0 Å². The van der Waals surface area contributed by atoms with E-state index in [9.17, 15) is 0 Å². The second-order valence-electron chi connectivity index (χ2n) is 5.22. The van der Waals surface area contributed by atoms with Crippen LogP contribution in [-0.2, 0) is 13.0 Å². The third-order valence-electron chi connectivity index (χ3n) is 3.68. The zero-order valence-electron chi connectivity index (χ0n) is 11.2. The fourth-order valence-corrected chi connectivity index (χ4v) is 3.22. The molecule has 4 nitrogen and oxygen atoms in total. The van der Waals surface area contributed by atoms with Gasteiger partial charge in [0.2, 0.25) is 0 Å². The van der Waals surface area contributed by atoms with Gasteiger partial charge in [0.1, 0.15) is 11.5 Å².